The molecule has 0 aliphatic carbocycles. The van der Waals surface area contributed by atoms with Gasteiger partial charge in [0.15, 0.2) is 0 Å². The topological polar surface area (TPSA) is 80.0 Å². The molecule has 1 heterocycles. The zero-order valence-electron chi connectivity index (χ0n) is 12.1. The number of hydrogen-bond donors (Lipinski definition) is 2. The summed E-state index contributed by atoms with van der Waals surface area (Å²) in [5.41, 5.74) is 1.51. The van der Waals surface area contributed by atoms with E-state index in [2.05, 4.69) is 15.4 Å². The predicted octanol–water partition coefficient (Wildman–Crippen LogP) is 1.22. The molecule has 1 amide bonds. The lowest BCUT2D eigenvalue weighted by molar-refractivity contribution is 0.0941. The quantitative estimate of drug-likeness (QED) is 0.802. The molecule has 1 aromatic carbocycles. The lowest BCUT2D eigenvalue weighted by Crippen LogP contribution is -2.28. The second kappa shape index (κ2) is 7.54. The number of rotatable bonds is 7. The van der Waals surface area contributed by atoms with Crippen molar-refractivity contribution in [2.24, 2.45) is 0 Å². The number of carbonyl (C=O) groups excluding carboxylic acids is 1. The number of aromatic nitrogens is 3. The van der Waals surface area contributed by atoms with Crippen LogP contribution in [-0.2, 0) is 6.54 Å². The molecule has 0 aliphatic rings. The summed E-state index contributed by atoms with van der Waals surface area (Å²) in [7, 11) is 0. The van der Waals surface area contributed by atoms with Crippen molar-refractivity contribution in [1.82, 2.24) is 20.1 Å². The average molecular weight is 288 g/mol. The van der Waals surface area contributed by atoms with Crippen LogP contribution in [0, 0.1) is 0 Å². The highest BCUT2D eigenvalue weighted by Gasteiger charge is 2.11. The Morgan fingerprint density at radius 3 is 2.95 bits per heavy atom. The first-order valence-corrected chi connectivity index (χ1v) is 7.07. The van der Waals surface area contributed by atoms with Gasteiger partial charge in [0.25, 0.3) is 5.91 Å². The zero-order valence-corrected chi connectivity index (χ0v) is 12.1. The van der Waals surface area contributed by atoms with Crippen LogP contribution in [0.2, 0.25) is 0 Å². The van der Waals surface area contributed by atoms with Crippen LogP contribution in [0.3, 0.4) is 0 Å². The van der Waals surface area contributed by atoms with Crippen LogP contribution in [-0.4, -0.2) is 38.4 Å². The van der Waals surface area contributed by atoms with Crippen molar-refractivity contribution < 1.29 is 9.90 Å². The van der Waals surface area contributed by atoms with Gasteiger partial charge in [-0.2, -0.15) is 5.10 Å². The SMILES string of the molecule is CCC(O)CCNC(=O)c1ccccc1Cn1cncn1. The molecule has 1 atom stereocenters. The molecule has 0 spiro atoms. The highest BCUT2D eigenvalue weighted by Crippen LogP contribution is 2.10. The van der Waals surface area contributed by atoms with Gasteiger partial charge in [-0.3, -0.25) is 4.79 Å². The van der Waals surface area contributed by atoms with Crippen molar-refractivity contribution in [3.8, 4) is 0 Å². The Bertz CT molecular complexity index is 569. The Morgan fingerprint density at radius 2 is 2.24 bits per heavy atom. The molecule has 0 bridgehead atoms. The van der Waals surface area contributed by atoms with E-state index in [0.717, 1.165) is 5.56 Å². The van der Waals surface area contributed by atoms with E-state index in [1.807, 2.05) is 25.1 Å². The Labute approximate surface area is 123 Å². The molecule has 0 saturated heterocycles. The number of benzene rings is 1. The first kappa shape index (κ1) is 15.2. The van der Waals surface area contributed by atoms with Crippen LogP contribution in [0.15, 0.2) is 36.9 Å². The fraction of sp³-hybridized carbons (Fsp3) is 0.400. The van der Waals surface area contributed by atoms with Crippen LogP contribution in [0.4, 0.5) is 0 Å². The number of aliphatic hydroxyl groups excluding tert-OH is 1. The van der Waals surface area contributed by atoms with Gasteiger partial charge >= 0.3 is 0 Å². The Kier molecular flexibility index (Phi) is 5.45. The molecule has 6 nitrogen and oxygen atoms in total. The summed E-state index contributed by atoms with van der Waals surface area (Å²) in [5, 5.41) is 16.4. The average Bonchev–Trinajstić information content (AvgIpc) is 3.00. The number of nitrogens with zero attached hydrogens (tertiary/aromatic N) is 3. The molecule has 0 aliphatic heterocycles. The van der Waals surface area contributed by atoms with Gasteiger partial charge in [0.2, 0.25) is 0 Å². The molecule has 2 N–H and O–H groups in total. The highest BCUT2D eigenvalue weighted by atomic mass is 16.3. The molecular weight excluding hydrogens is 268 g/mol. The van der Waals surface area contributed by atoms with Crippen molar-refractivity contribution in [2.45, 2.75) is 32.4 Å². The summed E-state index contributed by atoms with van der Waals surface area (Å²) in [4.78, 5) is 16.1. The molecule has 2 rings (SSSR count). The van der Waals surface area contributed by atoms with Gasteiger partial charge in [0, 0.05) is 12.1 Å². The fourth-order valence-corrected chi connectivity index (χ4v) is 2.02. The Balaban J connectivity index is 2.00. The third-order valence-electron chi connectivity index (χ3n) is 3.30. The predicted molar refractivity (Wildman–Crippen MR) is 78.8 cm³/mol. The van der Waals surface area contributed by atoms with Crippen molar-refractivity contribution >= 4 is 5.91 Å². The van der Waals surface area contributed by atoms with E-state index >= 15 is 0 Å². The maximum Gasteiger partial charge on any atom is 0.251 e. The van der Waals surface area contributed by atoms with Crippen molar-refractivity contribution in [2.75, 3.05) is 6.54 Å². The summed E-state index contributed by atoms with van der Waals surface area (Å²) in [6.07, 6.45) is 3.98. The molecule has 1 aromatic heterocycles. The largest absolute Gasteiger partial charge is 0.393 e. The monoisotopic (exact) mass is 288 g/mol. The van der Waals surface area contributed by atoms with Crippen molar-refractivity contribution in [3.05, 3.63) is 48.0 Å². The van der Waals surface area contributed by atoms with Crippen molar-refractivity contribution in [1.29, 1.82) is 0 Å². The molecular formula is C15H20N4O2. The summed E-state index contributed by atoms with van der Waals surface area (Å²) in [6, 6.07) is 7.42. The van der Waals surface area contributed by atoms with Gasteiger partial charge in [-0.25, -0.2) is 9.67 Å². The molecule has 112 valence electrons. The minimum atomic E-state index is -0.365. The molecule has 1 unspecified atom stereocenters. The fourth-order valence-electron chi connectivity index (χ4n) is 2.02. The van der Waals surface area contributed by atoms with E-state index in [1.54, 1.807) is 17.1 Å². The van der Waals surface area contributed by atoms with Gasteiger partial charge < -0.3 is 10.4 Å². The summed E-state index contributed by atoms with van der Waals surface area (Å²) in [6.45, 7) is 2.88. The van der Waals surface area contributed by atoms with Gasteiger partial charge in [-0.1, -0.05) is 25.1 Å². The normalized spacial score (nSPS) is 12.1. The van der Waals surface area contributed by atoms with Gasteiger partial charge in [-0.15, -0.1) is 0 Å². The van der Waals surface area contributed by atoms with Crippen molar-refractivity contribution in [3.63, 3.8) is 0 Å². The Hall–Kier alpha value is -2.21. The lowest BCUT2D eigenvalue weighted by Gasteiger charge is -2.11. The van der Waals surface area contributed by atoms with Crippen LogP contribution in [0.5, 0.6) is 0 Å². The second-order valence-corrected chi connectivity index (χ2v) is 4.86. The Morgan fingerprint density at radius 1 is 1.43 bits per heavy atom. The molecule has 6 heteroatoms. The first-order valence-electron chi connectivity index (χ1n) is 7.07. The molecule has 2 aromatic rings. The molecule has 21 heavy (non-hydrogen) atoms. The van der Waals surface area contributed by atoms with Crippen LogP contribution >= 0.6 is 0 Å². The van der Waals surface area contributed by atoms with Gasteiger partial charge in [0.05, 0.1) is 12.6 Å². The smallest absolute Gasteiger partial charge is 0.251 e. The number of hydrogen-bond acceptors (Lipinski definition) is 4. The minimum Gasteiger partial charge on any atom is -0.393 e. The van der Waals surface area contributed by atoms with E-state index in [0.29, 0.717) is 31.5 Å². The number of carbonyl (C=O) groups is 1. The maximum absolute atomic E-state index is 12.2. The van der Waals surface area contributed by atoms with E-state index in [-0.39, 0.29) is 12.0 Å². The first-order chi connectivity index (χ1) is 10.2. The number of amides is 1. The molecule has 0 radical (unpaired) electrons. The van der Waals surface area contributed by atoms with E-state index in [9.17, 15) is 9.90 Å². The number of aliphatic hydroxyl groups is 1. The number of nitrogens with one attached hydrogen (secondary N) is 1. The van der Waals surface area contributed by atoms with Crippen LogP contribution < -0.4 is 5.32 Å². The van der Waals surface area contributed by atoms with E-state index in [4.69, 9.17) is 0 Å². The summed E-state index contributed by atoms with van der Waals surface area (Å²) >= 11 is 0. The standard InChI is InChI=1S/C15H20N4O2/c1-2-13(20)7-8-17-15(21)14-6-4-3-5-12(14)9-19-11-16-10-18-19/h3-6,10-11,13,20H,2,7-9H2,1H3,(H,17,21). The second-order valence-electron chi connectivity index (χ2n) is 4.86. The van der Waals surface area contributed by atoms with Crippen LogP contribution in [0.25, 0.3) is 0 Å². The lowest BCUT2D eigenvalue weighted by atomic mass is 10.1. The third kappa shape index (κ3) is 4.39. The van der Waals surface area contributed by atoms with Crippen LogP contribution in [0.1, 0.15) is 35.7 Å². The van der Waals surface area contributed by atoms with Gasteiger partial charge in [-0.05, 0) is 24.5 Å². The van der Waals surface area contributed by atoms with E-state index in [1.165, 1.54) is 6.33 Å². The third-order valence-corrected chi connectivity index (χ3v) is 3.30. The molecule has 0 saturated carbocycles. The zero-order chi connectivity index (χ0) is 15.1. The van der Waals surface area contributed by atoms with E-state index < -0.39 is 0 Å². The summed E-state index contributed by atoms with van der Waals surface area (Å²) in [5.74, 6) is -0.131. The van der Waals surface area contributed by atoms with Gasteiger partial charge in [0.1, 0.15) is 12.7 Å². The summed E-state index contributed by atoms with van der Waals surface area (Å²) < 4.78 is 1.67. The minimum absolute atomic E-state index is 0.131. The molecule has 0 fully saturated rings. The highest BCUT2D eigenvalue weighted by molar-refractivity contribution is 5.95. The maximum atomic E-state index is 12.2.